The van der Waals surface area contributed by atoms with Crippen molar-refractivity contribution in [3.05, 3.63) is 77.6 Å². The van der Waals surface area contributed by atoms with Gasteiger partial charge in [0.1, 0.15) is 0 Å². The van der Waals surface area contributed by atoms with Crippen LogP contribution in [0, 0.1) is 6.92 Å². The highest BCUT2D eigenvalue weighted by Crippen LogP contribution is 2.18. The third-order valence-corrected chi connectivity index (χ3v) is 5.55. The van der Waals surface area contributed by atoms with Crippen LogP contribution in [0.3, 0.4) is 0 Å². The molecule has 0 atom stereocenters. The topological polar surface area (TPSA) is 90.3 Å². The summed E-state index contributed by atoms with van der Waals surface area (Å²) < 4.78 is 34.2. The fourth-order valence-electron chi connectivity index (χ4n) is 2.56. The highest BCUT2D eigenvalue weighted by molar-refractivity contribution is 7.89. The summed E-state index contributed by atoms with van der Waals surface area (Å²) in [6, 6.07) is 15.7. The van der Waals surface area contributed by atoms with E-state index in [0.29, 0.717) is 11.3 Å². The molecule has 0 amide bonds. The molecule has 0 saturated carbocycles. The summed E-state index contributed by atoms with van der Waals surface area (Å²) in [5.41, 5.74) is 2.17. The standard InChI is InChI=1S/C19H19N3O4S/c1-14-8-9-15(19(23)26-2)12-18(14)27(24,25)20-13-16-10-11-22(21-16)17-6-4-3-5-7-17/h3-12,20H,13H2,1-2H3. The van der Waals surface area contributed by atoms with Crippen LogP contribution in [0.4, 0.5) is 0 Å². The molecule has 1 aromatic heterocycles. The van der Waals surface area contributed by atoms with E-state index in [-0.39, 0.29) is 17.0 Å². The molecule has 8 heteroatoms. The van der Waals surface area contributed by atoms with Crippen LogP contribution in [0.2, 0.25) is 0 Å². The van der Waals surface area contributed by atoms with E-state index in [1.165, 1.54) is 19.2 Å². The Balaban J connectivity index is 1.78. The fraction of sp³-hybridized carbons (Fsp3) is 0.158. The van der Waals surface area contributed by atoms with Gasteiger partial charge in [-0.25, -0.2) is 22.6 Å². The lowest BCUT2D eigenvalue weighted by Gasteiger charge is -2.10. The summed E-state index contributed by atoms with van der Waals surface area (Å²) in [6.45, 7) is 1.70. The molecule has 0 aliphatic rings. The summed E-state index contributed by atoms with van der Waals surface area (Å²) in [7, 11) is -2.57. The van der Waals surface area contributed by atoms with Gasteiger partial charge in [0.25, 0.3) is 0 Å². The first kappa shape index (κ1) is 18.8. The number of carbonyl (C=O) groups is 1. The van der Waals surface area contributed by atoms with E-state index in [0.717, 1.165) is 5.69 Å². The third-order valence-electron chi connectivity index (χ3n) is 4.01. The van der Waals surface area contributed by atoms with E-state index in [2.05, 4.69) is 14.6 Å². The number of methoxy groups -OCH3 is 1. The number of carbonyl (C=O) groups excluding carboxylic acids is 1. The van der Waals surface area contributed by atoms with Crippen LogP contribution in [0.5, 0.6) is 0 Å². The molecule has 0 bridgehead atoms. The lowest BCUT2D eigenvalue weighted by molar-refractivity contribution is 0.0600. The molecule has 0 unspecified atom stereocenters. The molecular formula is C19H19N3O4S. The van der Waals surface area contributed by atoms with E-state index in [1.807, 2.05) is 30.3 Å². The van der Waals surface area contributed by atoms with Crippen LogP contribution >= 0.6 is 0 Å². The zero-order valence-electron chi connectivity index (χ0n) is 14.9. The number of aryl methyl sites for hydroxylation is 1. The highest BCUT2D eigenvalue weighted by atomic mass is 32.2. The van der Waals surface area contributed by atoms with E-state index >= 15 is 0 Å². The predicted octanol–water partition coefficient (Wildman–Crippen LogP) is 2.45. The maximum absolute atomic E-state index is 12.7. The van der Waals surface area contributed by atoms with Gasteiger partial charge in [-0.15, -0.1) is 0 Å². The Morgan fingerprint density at radius 3 is 2.59 bits per heavy atom. The SMILES string of the molecule is COC(=O)c1ccc(C)c(S(=O)(=O)NCc2ccn(-c3ccccc3)n2)c1. The molecule has 0 aliphatic carbocycles. The van der Waals surface area contributed by atoms with E-state index in [1.54, 1.807) is 29.9 Å². The molecule has 27 heavy (non-hydrogen) atoms. The first-order valence-electron chi connectivity index (χ1n) is 8.19. The first-order valence-corrected chi connectivity index (χ1v) is 9.67. The Morgan fingerprint density at radius 1 is 1.15 bits per heavy atom. The molecule has 3 aromatic rings. The van der Waals surface area contributed by atoms with Crippen molar-refractivity contribution < 1.29 is 17.9 Å². The van der Waals surface area contributed by atoms with Gasteiger partial charge in [-0.1, -0.05) is 24.3 Å². The second-order valence-electron chi connectivity index (χ2n) is 5.88. The van der Waals surface area contributed by atoms with E-state index in [4.69, 9.17) is 0 Å². The lowest BCUT2D eigenvalue weighted by Crippen LogP contribution is -2.24. The van der Waals surface area contributed by atoms with Crippen molar-refractivity contribution in [2.45, 2.75) is 18.4 Å². The van der Waals surface area contributed by atoms with Gasteiger partial charge in [-0.3, -0.25) is 0 Å². The maximum atomic E-state index is 12.7. The molecule has 1 N–H and O–H groups in total. The van der Waals surface area contributed by atoms with Crippen molar-refractivity contribution in [2.24, 2.45) is 0 Å². The summed E-state index contributed by atoms with van der Waals surface area (Å²) in [6.07, 6.45) is 1.77. The van der Waals surface area contributed by atoms with Gasteiger partial charge in [-0.2, -0.15) is 5.10 Å². The van der Waals surface area contributed by atoms with Crippen molar-refractivity contribution in [1.82, 2.24) is 14.5 Å². The Hall–Kier alpha value is -2.97. The minimum absolute atomic E-state index is 0.0318. The molecule has 2 aromatic carbocycles. The minimum atomic E-state index is -3.82. The van der Waals surface area contributed by atoms with Crippen LogP contribution in [-0.2, 0) is 21.3 Å². The monoisotopic (exact) mass is 385 g/mol. The molecule has 0 fully saturated rings. The second kappa shape index (κ2) is 7.73. The molecule has 0 aliphatic heterocycles. The quantitative estimate of drug-likeness (QED) is 0.658. The number of nitrogens with one attached hydrogen (secondary N) is 1. The number of esters is 1. The zero-order chi connectivity index (χ0) is 19.4. The summed E-state index contributed by atoms with van der Waals surface area (Å²) in [5, 5.41) is 4.37. The van der Waals surface area contributed by atoms with E-state index in [9.17, 15) is 13.2 Å². The number of para-hydroxylation sites is 1. The summed E-state index contributed by atoms with van der Waals surface area (Å²) in [5.74, 6) is -0.590. The average Bonchev–Trinajstić information content (AvgIpc) is 3.16. The van der Waals surface area contributed by atoms with Gasteiger partial charge in [0, 0.05) is 6.20 Å². The molecule has 140 valence electrons. The molecule has 0 saturated heterocycles. The number of rotatable bonds is 6. The summed E-state index contributed by atoms with van der Waals surface area (Å²) in [4.78, 5) is 11.7. The van der Waals surface area contributed by atoms with Crippen molar-refractivity contribution in [2.75, 3.05) is 7.11 Å². The second-order valence-corrected chi connectivity index (χ2v) is 7.62. The molecular weight excluding hydrogens is 366 g/mol. The van der Waals surface area contributed by atoms with Crippen molar-refractivity contribution >= 4 is 16.0 Å². The van der Waals surface area contributed by atoms with Crippen LogP contribution in [0.15, 0.2) is 65.7 Å². The Bertz CT molecular complexity index is 1060. The number of hydrogen-bond donors (Lipinski definition) is 1. The predicted molar refractivity (Wildman–Crippen MR) is 100 cm³/mol. The number of benzene rings is 2. The lowest BCUT2D eigenvalue weighted by atomic mass is 10.1. The number of sulfonamides is 1. The largest absolute Gasteiger partial charge is 0.465 e. The zero-order valence-corrected chi connectivity index (χ0v) is 15.7. The number of nitrogens with zero attached hydrogens (tertiary/aromatic N) is 2. The van der Waals surface area contributed by atoms with Gasteiger partial charge < -0.3 is 4.74 Å². The van der Waals surface area contributed by atoms with Gasteiger partial charge in [0.15, 0.2) is 0 Å². The van der Waals surface area contributed by atoms with Gasteiger partial charge in [0.05, 0.1) is 35.5 Å². The molecule has 7 nitrogen and oxygen atoms in total. The average molecular weight is 385 g/mol. The number of aromatic nitrogens is 2. The Kier molecular flexibility index (Phi) is 5.38. The Labute approximate surface area is 157 Å². The van der Waals surface area contributed by atoms with Crippen LogP contribution in [0.1, 0.15) is 21.6 Å². The molecule has 0 spiro atoms. The molecule has 1 heterocycles. The number of ether oxygens (including phenoxy) is 1. The van der Waals surface area contributed by atoms with Crippen molar-refractivity contribution in [3.63, 3.8) is 0 Å². The first-order chi connectivity index (χ1) is 12.9. The normalized spacial score (nSPS) is 11.3. The molecule has 3 rings (SSSR count). The van der Waals surface area contributed by atoms with Crippen LogP contribution in [0.25, 0.3) is 5.69 Å². The maximum Gasteiger partial charge on any atom is 0.337 e. The van der Waals surface area contributed by atoms with Crippen molar-refractivity contribution in [1.29, 1.82) is 0 Å². The van der Waals surface area contributed by atoms with Crippen LogP contribution in [-0.4, -0.2) is 31.3 Å². The third kappa shape index (κ3) is 4.24. The van der Waals surface area contributed by atoms with Crippen molar-refractivity contribution in [3.8, 4) is 5.69 Å². The van der Waals surface area contributed by atoms with Crippen LogP contribution < -0.4 is 4.72 Å². The number of hydrogen-bond acceptors (Lipinski definition) is 5. The smallest absolute Gasteiger partial charge is 0.337 e. The fourth-order valence-corrected chi connectivity index (χ4v) is 3.83. The van der Waals surface area contributed by atoms with E-state index < -0.39 is 16.0 Å². The minimum Gasteiger partial charge on any atom is -0.465 e. The molecule has 0 radical (unpaired) electrons. The summed E-state index contributed by atoms with van der Waals surface area (Å²) >= 11 is 0. The van der Waals surface area contributed by atoms with Gasteiger partial charge in [-0.05, 0) is 42.8 Å². The highest BCUT2D eigenvalue weighted by Gasteiger charge is 2.19. The van der Waals surface area contributed by atoms with Gasteiger partial charge >= 0.3 is 5.97 Å². The Morgan fingerprint density at radius 2 is 1.89 bits per heavy atom. The van der Waals surface area contributed by atoms with Gasteiger partial charge in [0.2, 0.25) is 10.0 Å².